The molecule has 6 atom stereocenters. The van der Waals surface area contributed by atoms with Gasteiger partial charge in [-0.05, 0) is 0 Å². The third-order valence-corrected chi connectivity index (χ3v) is 7.21. The Balaban J connectivity index is -0.00000256. The van der Waals surface area contributed by atoms with Crippen LogP contribution in [0.1, 0.15) is 16.6 Å². The molecule has 18 nitrogen and oxygen atoms in total. The first kappa shape index (κ1) is 40.5. The summed E-state index contributed by atoms with van der Waals surface area (Å²) in [6.45, 7) is -1.21. The van der Waals surface area contributed by atoms with Crippen molar-refractivity contribution in [3.05, 3.63) is 22.2 Å². The Morgan fingerprint density at radius 2 is 1.60 bits per heavy atom. The van der Waals surface area contributed by atoms with E-state index in [0.29, 0.717) is 4.57 Å². The van der Waals surface area contributed by atoms with Crippen LogP contribution in [0.4, 0.5) is 5.82 Å². The van der Waals surface area contributed by atoms with Gasteiger partial charge in [0.2, 0.25) is 0 Å². The van der Waals surface area contributed by atoms with Crippen LogP contribution in [0.2, 0.25) is 0 Å². The molecule has 2 heterocycles. The summed E-state index contributed by atoms with van der Waals surface area (Å²) >= 11 is 0. The van der Waals surface area contributed by atoms with Crippen LogP contribution in [0.15, 0.2) is 11.0 Å². The fourth-order valence-corrected chi connectivity index (χ4v) is 5.18. The van der Waals surface area contributed by atoms with E-state index in [0.717, 1.165) is 6.20 Å². The van der Waals surface area contributed by atoms with E-state index in [4.69, 9.17) is 10.5 Å². The molecule has 1 aromatic heterocycles. The topological polar surface area (TPSA) is 299 Å². The summed E-state index contributed by atoms with van der Waals surface area (Å²) in [7, 11) is -18.3. The van der Waals surface area contributed by atoms with Crippen LogP contribution < -0.4 is 106 Å². The number of aromatic nitrogens is 2. The number of anilines is 1. The normalized spacial score (nSPS) is 24.9. The van der Waals surface area contributed by atoms with Gasteiger partial charge in [-0.1, -0.05) is 0 Å². The summed E-state index contributed by atoms with van der Waals surface area (Å²) in [6.07, 6.45) is -6.13. The molecule has 0 bridgehead atoms. The van der Waals surface area contributed by atoms with Crippen LogP contribution in [0.5, 0.6) is 0 Å². The second-order valence-electron chi connectivity index (χ2n) is 5.74. The Labute approximate surface area is 244 Å². The summed E-state index contributed by atoms with van der Waals surface area (Å²) in [5, 5.41) is 20.0. The van der Waals surface area contributed by atoms with Gasteiger partial charge in [0, 0.05) is 6.20 Å². The van der Waals surface area contributed by atoms with Crippen LogP contribution in [0.3, 0.4) is 0 Å². The minimum atomic E-state index is -6.19. The van der Waals surface area contributed by atoms with E-state index in [2.05, 4.69) is 18.1 Å². The van der Waals surface area contributed by atoms with Gasteiger partial charge in [-0.15, -0.1) is 0 Å². The number of hydrogen-bond donors (Lipinski definition) is 3. The molecule has 1 aliphatic heterocycles. The zero-order valence-corrected chi connectivity index (χ0v) is 21.4. The number of aldehydes is 1. The number of nitrogen functional groups attached to an aromatic ring is 1. The van der Waals surface area contributed by atoms with Crippen molar-refractivity contribution >= 4 is 35.6 Å². The predicted octanol–water partition coefficient (Wildman–Crippen LogP) is -16.9. The minimum Gasteiger partial charge on any atom is -0.790 e. The van der Waals surface area contributed by atoms with Gasteiger partial charge in [-0.25, -0.2) is 9.11 Å². The van der Waals surface area contributed by atoms with Crippen LogP contribution in [0, 0.1) is 0 Å². The van der Waals surface area contributed by atoms with Gasteiger partial charge in [-0.3, -0.25) is 22.8 Å². The molecule has 0 aromatic carbocycles. The predicted molar refractivity (Wildman–Crippen MR) is 85.2 cm³/mol. The molecule has 6 unspecified atom stereocenters. The monoisotopic (exact) mass is 535 g/mol. The Morgan fingerprint density at radius 3 is 2.09 bits per heavy atom. The summed E-state index contributed by atoms with van der Waals surface area (Å²) in [5.41, 5.74) is 3.97. The Bertz CT molecular complexity index is 1060. The standard InChI is InChI=1S/C10H16N3O15P3.4Li/c11-8-4(2-14)1-13(10(17)12-8)9-7(16)6(15)5(26-9)3-25-30(21,22)28-31(23,24)27-29(18,19)20;;;;/h1-2,5-7,9,15-16H,3H2,(H,21,22)(H,23,24)(H2,11,12,17)(H2,18,19,20);;;;/q;4*+1/p-4. The Kier molecular flexibility index (Phi) is 18.0. The van der Waals surface area contributed by atoms with E-state index in [-0.39, 0.29) is 87.3 Å². The van der Waals surface area contributed by atoms with Crippen molar-refractivity contribution in [1.82, 2.24) is 9.55 Å². The van der Waals surface area contributed by atoms with Crippen molar-refractivity contribution in [1.29, 1.82) is 0 Å². The van der Waals surface area contributed by atoms with E-state index in [9.17, 15) is 53.1 Å². The van der Waals surface area contributed by atoms with Gasteiger partial charge in [0.15, 0.2) is 12.5 Å². The van der Waals surface area contributed by atoms with Gasteiger partial charge in [0.1, 0.15) is 24.1 Å². The first-order valence-electron chi connectivity index (χ1n) is 7.62. The van der Waals surface area contributed by atoms with Crippen molar-refractivity contribution in [2.75, 3.05) is 12.3 Å². The van der Waals surface area contributed by atoms with Crippen LogP contribution in [0.25, 0.3) is 0 Å². The largest absolute Gasteiger partial charge is 1.00 e. The van der Waals surface area contributed by atoms with Crippen molar-refractivity contribution in [3.8, 4) is 0 Å². The number of carbonyl (C=O) groups is 1. The smallest absolute Gasteiger partial charge is 0.790 e. The van der Waals surface area contributed by atoms with Crippen LogP contribution in [-0.4, -0.2) is 51.0 Å². The molecular formula is C10H12Li4N3O15P3. The fourth-order valence-electron chi connectivity index (χ4n) is 2.31. The average molecular weight is 535 g/mol. The number of ether oxygens (including phenoxy) is 1. The fraction of sp³-hybridized carbons (Fsp3) is 0.500. The molecule has 1 aliphatic rings. The molecule has 25 heteroatoms. The van der Waals surface area contributed by atoms with Gasteiger partial charge in [0.05, 0.1) is 20.0 Å². The van der Waals surface area contributed by atoms with E-state index in [1.54, 1.807) is 0 Å². The van der Waals surface area contributed by atoms with E-state index in [1.165, 1.54) is 0 Å². The van der Waals surface area contributed by atoms with Crippen molar-refractivity contribution < 1.29 is 142 Å². The number of aliphatic hydroxyl groups excluding tert-OH is 2. The number of phosphoric acid groups is 3. The molecule has 0 radical (unpaired) electrons. The number of aliphatic hydroxyl groups is 2. The molecule has 2 rings (SSSR count). The quantitative estimate of drug-likeness (QED) is 0.150. The number of phosphoric ester groups is 1. The first-order valence-corrected chi connectivity index (χ1v) is 12.0. The number of nitrogens with zero attached hydrogens (tertiary/aromatic N) is 2. The third-order valence-electron chi connectivity index (χ3n) is 3.55. The molecule has 0 spiro atoms. The molecular weight excluding hydrogens is 523 g/mol. The van der Waals surface area contributed by atoms with Crippen LogP contribution >= 0.6 is 23.5 Å². The molecule has 0 saturated carbocycles. The number of hydrogen-bond acceptors (Lipinski definition) is 17. The number of nitrogens with two attached hydrogens (primary N) is 1. The number of carbonyl (C=O) groups excluding carboxylic acids is 1. The second-order valence-corrected chi connectivity index (χ2v) is 9.98. The first-order chi connectivity index (χ1) is 14.1. The molecule has 1 fully saturated rings. The van der Waals surface area contributed by atoms with E-state index in [1.807, 2.05) is 0 Å². The maximum absolute atomic E-state index is 11.9. The molecule has 1 saturated heterocycles. The zero-order valence-electron chi connectivity index (χ0n) is 18.7. The Morgan fingerprint density at radius 1 is 1.06 bits per heavy atom. The van der Waals surface area contributed by atoms with Gasteiger partial charge >= 0.3 is 81.1 Å². The maximum Gasteiger partial charge on any atom is 1.00 e. The number of rotatable bonds is 9. The second kappa shape index (κ2) is 15.6. The third kappa shape index (κ3) is 11.8. The minimum absolute atomic E-state index is 0. The van der Waals surface area contributed by atoms with Crippen molar-refractivity contribution in [2.24, 2.45) is 0 Å². The zero-order chi connectivity index (χ0) is 23.8. The van der Waals surface area contributed by atoms with Gasteiger partial charge in [-0.2, -0.15) is 4.98 Å². The summed E-state index contributed by atoms with van der Waals surface area (Å²) in [5.74, 6) is -0.432. The molecule has 0 aliphatic carbocycles. The molecule has 176 valence electrons. The van der Waals surface area contributed by atoms with Crippen LogP contribution in [-0.2, 0) is 31.6 Å². The summed E-state index contributed by atoms with van der Waals surface area (Å²) in [4.78, 5) is 69.3. The molecule has 0 amide bonds. The van der Waals surface area contributed by atoms with Gasteiger partial charge in [0.25, 0.3) is 15.6 Å². The molecule has 1 aromatic rings. The SMILES string of the molecule is Nc1nc(=O)n(C2OC(COP(=O)([O-])OP(=O)([O-])OP(=O)([O-])[O-])C(O)C2O)cc1C=O.[Li+].[Li+].[Li+].[Li+]. The van der Waals surface area contributed by atoms with Crippen molar-refractivity contribution in [3.63, 3.8) is 0 Å². The van der Waals surface area contributed by atoms with Crippen molar-refractivity contribution in [2.45, 2.75) is 24.5 Å². The molecule has 35 heavy (non-hydrogen) atoms. The maximum atomic E-state index is 11.9. The summed E-state index contributed by atoms with van der Waals surface area (Å²) < 4.78 is 49.0. The van der Waals surface area contributed by atoms with Gasteiger partial charge < -0.3 is 49.3 Å². The Hall–Kier alpha value is 1.03. The average Bonchev–Trinajstić information content (AvgIpc) is 2.85. The van der Waals surface area contributed by atoms with E-state index >= 15 is 0 Å². The molecule has 4 N–H and O–H groups in total. The summed E-state index contributed by atoms with van der Waals surface area (Å²) in [6, 6.07) is 0. The van der Waals surface area contributed by atoms with E-state index < -0.39 is 66.1 Å².